The van der Waals surface area contributed by atoms with Gasteiger partial charge in [0.15, 0.2) is 0 Å². The summed E-state index contributed by atoms with van der Waals surface area (Å²) in [4.78, 5) is 5.03. The van der Waals surface area contributed by atoms with Crippen LogP contribution in [0.2, 0.25) is 10.0 Å². The number of piperazine rings is 2. The van der Waals surface area contributed by atoms with E-state index >= 15 is 0 Å². The largest absolute Gasteiger partial charge is 0.384 e. The minimum absolute atomic E-state index is 0.143. The van der Waals surface area contributed by atoms with Gasteiger partial charge in [-0.05, 0) is 57.6 Å². The molecule has 0 amide bonds. The Kier molecular flexibility index (Phi) is 9.57. The van der Waals surface area contributed by atoms with Gasteiger partial charge in [0.25, 0.3) is 0 Å². The van der Waals surface area contributed by atoms with E-state index in [2.05, 4.69) is 93.2 Å². The summed E-state index contributed by atoms with van der Waals surface area (Å²) < 4.78 is 0. The average molecular weight is 602 g/mol. The molecule has 2 atom stereocenters. The fraction of sp³-hybridized carbons (Fsp3) is 0.314. The summed E-state index contributed by atoms with van der Waals surface area (Å²) in [6.07, 6.45) is -0.700. The van der Waals surface area contributed by atoms with Gasteiger partial charge in [0, 0.05) is 62.4 Å². The first-order valence-corrected chi connectivity index (χ1v) is 15.6. The van der Waals surface area contributed by atoms with E-state index in [1.807, 2.05) is 24.3 Å². The highest BCUT2D eigenvalue weighted by Gasteiger charge is 2.26. The van der Waals surface area contributed by atoms with Crippen LogP contribution >= 0.6 is 23.2 Å². The highest BCUT2D eigenvalue weighted by atomic mass is 35.5. The minimum atomic E-state index is -0.700. The second-order valence-corrected chi connectivity index (χ2v) is 12.1. The van der Waals surface area contributed by atoms with Crippen molar-refractivity contribution in [3.8, 4) is 0 Å². The van der Waals surface area contributed by atoms with Gasteiger partial charge in [0.2, 0.25) is 0 Å². The molecular formula is C35H38Cl2N4O. The van der Waals surface area contributed by atoms with Crippen molar-refractivity contribution in [1.29, 1.82) is 0 Å². The Hall–Kier alpha value is -2.74. The lowest BCUT2D eigenvalue weighted by atomic mass is 9.92. The maximum atomic E-state index is 11.4. The normalized spacial score (nSPS) is 18.8. The van der Waals surface area contributed by atoms with Gasteiger partial charge in [0.1, 0.15) is 6.10 Å². The summed E-state index contributed by atoms with van der Waals surface area (Å²) in [5.74, 6) is 0. The van der Waals surface area contributed by atoms with Crippen LogP contribution in [0.15, 0.2) is 97.1 Å². The van der Waals surface area contributed by atoms with Crippen LogP contribution in [0.1, 0.15) is 51.6 Å². The van der Waals surface area contributed by atoms with E-state index in [4.69, 9.17) is 23.2 Å². The zero-order valence-corrected chi connectivity index (χ0v) is 25.2. The molecule has 0 radical (unpaired) electrons. The first-order valence-electron chi connectivity index (χ1n) is 14.8. The second kappa shape index (κ2) is 13.7. The average Bonchev–Trinajstić information content (AvgIpc) is 3.05. The molecule has 4 aromatic rings. The SMILES string of the molecule is OC(c1ccc(C(c2ccc(Cl)cc2)N2CCNCC2)cc1)c1ccc(C(c2ccc(Cl)cc2)N2CCNCC2)cc1. The topological polar surface area (TPSA) is 50.8 Å². The smallest absolute Gasteiger partial charge is 0.104 e. The predicted molar refractivity (Wildman–Crippen MR) is 172 cm³/mol. The van der Waals surface area contributed by atoms with Crippen LogP contribution in [-0.4, -0.2) is 67.3 Å². The van der Waals surface area contributed by atoms with Gasteiger partial charge in [-0.2, -0.15) is 0 Å². The van der Waals surface area contributed by atoms with Crippen molar-refractivity contribution in [2.45, 2.75) is 18.2 Å². The van der Waals surface area contributed by atoms with Gasteiger partial charge in [-0.15, -0.1) is 0 Å². The third kappa shape index (κ3) is 6.74. The lowest BCUT2D eigenvalue weighted by Crippen LogP contribution is -2.45. The summed E-state index contributed by atoms with van der Waals surface area (Å²) >= 11 is 12.4. The van der Waals surface area contributed by atoms with Crippen molar-refractivity contribution >= 4 is 23.2 Å². The molecule has 0 saturated carbocycles. The van der Waals surface area contributed by atoms with Gasteiger partial charge in [0.05, 0.1) is 12.1 Å². The quantitative estimate of drug-likeness (QED) is 0.229. The zero-order valence-electron chi connectivity index (χ0n) is 23.7. The van der Waals surface area contributed by atoms with Crippen molar-refractivity contribution in [2.24, 2.45) is 0 Å². The highest BCUT2D eigenvalue weighted by Crippen LogP contribution is 2.34. The predicted octanol–water partition coefficient (Wildman–Crippen LogP) is 6.06. The molecule has 2 fully saturated rings. The molecule has 0 aromatic heterocycles. The van der Waals surface area contributed by atoms with E-state index in [9.17, 15) is 5.11 Å². The Morgan fingerprint density at radius 1 is 0.452 bits per heavy atom. The molecule has 2 aliphatic rings. The van der Waals surface area contributed by atoms with Crippen LogP contribution in [-0.2, 0) is 0 Å². The summed E-state index contributed by atoms with van der Waals surface area (Å²) in [6, 6.07) is 33.5. The van der Waals surface area contributed by atoms with Crippen LogP contribution < -0.4 is 10.6 Å². The van der Waals surface area contributed by atoms with Crippen LogP contribution in [0.3, 0.4) is 0 Å². The van der Waals surface area contributed by atoms with E-state index in [-0.39, 0.29) is 12.1 Å². The van der Waals surface area contributed by atoms with E-state index in [0.717, 1.165) is 73.5 Å². The van der Waals surface area contributed by atoms with Crippen LogP contribution in [0.5, 0.6) is 0 Å². The molecule has 5 nitrogen and oxygen atoms in total. The van der Waals surface area contributed by atoms with Gasteiger partial charge in [-0.25, -0.2) is 0 Å². The first-order chi connectivity index (χ1) is 20.6. The monoisotopic (exact) mass is 600 g/mol. The van der Waals surface area contributed by atoms with Gasteiger partial charge in [-0.1, -0.05) is 96.0 Å². The number of benzene rings is 4. The molecule has 42 heavy (non-hydrogen) atoms. The van der Waals surface area contributed by atoms with Gasteiger partial charge < -0.3 is 15.7 Å². The fourth-order valence-corrected chi connectivity index (χ4v) is 6.56. The van der Waals surface area contributed by atoms with Crippen LogP contribution in [0.25, 0.3) is 0 Å². The lowest BCUT2D eigenvalue weighted by molar-refractivity contribution is 0.198. The maximum Gasteiger partial charge on any atom is 0.104 e. The molecule has 0 spiro atoms. The number of aliphatic hydroxyl groups is 1. The third-order valence-electron chi connectivity index (χ3n) is 8.54. The van der Waals surface area contributed by atoms with Crippen LogP contribution in [0.4, 0.5) is 0 Å². The maximum absolute atomic E-state index is 11.4. The molecule has 218 valence electrons. The molecule has 0 aliphatic carbocycles. The molecule has 0 bridgehead atoms. The number of halogens is 2. The molecule has 3 N–H and O–H groups in total. The van der Waals surface area contributed by atoms with E-state index in [1.54, 1.807) is 0 Å². The molecular weight excluding hydrogens is 563 g/mol. The van der Waals surface area contributed by atoms with Crippen molar-refractivity contribution in [1.82, 2.24) is 20.4 Å². The number of nitrogens with one attached hydrogen (secondary N) is 2. The Bertz CT molecular complexity index is 1310. The standard InChI is InChI=1S/C35H38Cl2N4O/c36-31-13-9-27(10-14-31)33(40-21-17-38-18-22-40)25-1-5-29(6-2-25)35(42)30-7-3-26(4-8-30)34(41-23-19-39-20-24-41)28-11-15-32(37)16-12-28/h1-16,33-35,38-39,42H,17-24H2. The zero-order chi connectivity index (χ0) is 28.9. The molecule has 2 saturated heterocycles. The van der Waals surface area contributed by atoms with E-state index in [0.29, 0.717) is 0 Å². The van der Waals surface area contributed by atoms with Crippen molar-refractivity contribution in [3.05, 3.63) is 140 Å². The molecule has 2 aliphatic heterocycles. The molecule has 6 rings (SSSR count). The molecule has 2 heterocycles. The van der Waals surface area contributed by atoms with Crippen LogP contribution in [0, 0.1) is 0 Å². The third-order valence-corrected chi connectivity index (χ3v) is 9.04. The summed E-state index contributed by atoms with van der Waals surface area (Å²) in [5.41, 5.74) is 6.66. The van der Waals surface area contributed by atoms with Gasteiger partial charge >= 0.3 is 0 Å². The fourth-order valence-electron chi connectivity index (χ4n) is 6.31. The highest BCUT2D eigenvalue weighted by molar-refractivity contribution is 6.30. The summed E-state index contributed by atoms with van der Waals surface area (Å²) in [6.45, 7) is 7.83. The Morgan fingerprint density at radius 3 is 1.02 bits per heavy atom. The Labute approximate surface area is 259 Å². The first kappa shape index (κ1) is 29.3. The number of hydrogen-bond acceptors (Lipinski definition) is 5. The Balaban J connectivity index is 1.23. The Morgan fingerprint density at radius 2 is 0.714 bits per heavy atom. The van der Waals surface area contributed by atoms with Gasteiger partial charge in [-0.3, -0.25) is 9.80 Å². The van der Waals surface area contributed by atoms with Crippen molar-refractivity contribution < 1.29 is 5.11 Å². The molecule has 4 aromatic carbocycles. The van der Waals surface area contributed by atoms with Crippen molar-refractivity contribution in [2.75, 3.05) is 52.4 Å². The number of hydrogen-bond donors (Lipinski definition) is 3. The van der Waals surface area contributed by atoms with E-state index in [1.165, 1.54) is 22.3 Å². The number of rotatable bonds is 8. The van der Waals surface area contributed by atoms with E-state index < -0.39 is 6.10 Å². The molecule has 2 unspecified atom stereocenters. The van der Waals surface area contributed by atoms with Crippen molar-refractivity contribution in [3.63, 3.8) is 0 Å². The minimum Gasteiger partial charge on any atom is -0.384 e. The summed E-state index contributed by atoms with van der Waals surface area (Å²) in [5, 5.41) is 19.8. The number of nitrogens with zero attached hydrogens (tertiary/aromatic N) is 2. The lowest BCUT2D eigenvalue weighted by Gasteiger charge is -2.36. The second-order valence-electron chi connectivity index (χ2n) is 11.2. The summed E-state index contributed by atoms with van der Waals surface area (Å²) in [7, 11) is 0. The number of aliphatic hydroxyl groups excluding tert-OH is 1. The molecule has 7 heteroatoms.